The molecule has 0 radical (unpaired) electrons. The first-order valence-electron chi connectivity index (χ1n) is 9.38. The van der Waals surface area contributed by atoms with Crippen LogP contribution in [0.15, 0.2) is 49.1 Å². The van der Waals surface area contributed by atoms with Crippen LogP contribution >= 0.6 is 0 Å². The van der Waals surface area contributed by atoms with E-state index in [4.69, 9.17) is 14.2 Å². The lowest BCUT2D eigenvalue weighted by Crippen LogP contribution is -2.26. The Morgan fingerprint density at radius 2 is 1.86 bits per heavy atom. The molecule has 5 heteroatoms. The van der Waals surface area contributed by atoms with E-state index in [0.717, 1.165) is 23.3 Å². The highest BCUT2D eigenvalue weighted by Gasteiger charge is 2.15. The molecule has 2 aromatic carbocycles. The van der Waals surface area contributed by atoms with Gasteiger partial charge in [0.1, 0.15) is 5.75 Å². The molecule has 1 amide bonds. The number of rotatable bonds is 10. The van der Waals surface area contributed by atoms with Crippen molar-refractivity contribution in [3.05, 3.63) is 65.7 Å². The molecular weight excluding hydrogens is 354 g/mol. The van der Waals surface area contributed by atoms with Gasteiger partial charge in [0.25, 0.3) is 5.91 Å². The quantitative estimate of drug-likeness (QED) is 0.625. The van der Waals surface area contributed by atoms with E-state index in [1.807, 2.05) is 44.2 Å². The third-order valence-electron chi connectivity index (χ3n) is 4.18. The summed E-state index contributed by atoms with van der Waals surface area (Å²) in [6.07, 6.45) is 3.25. The fraction of sp³-hybridized carbons (Fsp3) is 0.348. The SMILES string of the molecule is C=CCc1cc(C(=O)NCCc2ccc(OC(C)C)cc2)cc(OC)c1OC. The average Bonchev–Trinajstić information content (AvgIpc) is 2.68. The maximum absolute atomic E-state index is 12.6. The van der Waals surface area contributed by atoms with Gasteiger partial charge in [-0.1, -0.05) is 18.2 Å². The molecule has 1 N–H and O–H groups in total. The first kappa shape index (κ1) is 21.4. The zero-order chi connectivity index (χ0) is 20.5. The van der Waals surface area contributed by atoms with Gasteiger partial charge in [-0.05, 0) is 56.5 Å². The smallest absolute Gasteiger partial charge is 0.251 e. The van der Waals surface area contributed by atoms with Crippen LogP contribution in [0.4, 0.5) is 0 Å². The van der Waals surface area contributed by atoms with Gasteiger partial charge < -0.3 is 19.5 Å². The number of allylic oxidation sites excluding steroid dienone is 1. The predicted molar refractivity (Wildman–Crippen MR) is 112 cm³/mol. The molecule has 0 aliphatic heterocycles. The summed E-state index contributed by atoms with van der Waals surface area (Å²) in [7, 11) is 3.14. The molecule has 0 unspecified atom stereocenters. The number of benzene rings is 2. The lowest BCUT2D eigenvalue weighted by molar-refractivity contribution is 0.0953. The highest BCUT2D eigenvalue weighted by Crippen LogP contribution is 2.33. The summed E-state index contributed by atoms with van der Waals surface area (Å²) < 4.78 is 16.4. The molecule has 0 heterocycles. The van der Waals surface area contributed by atoms with Gasteiger partial charge in [0.05, 0.1) is 20.3 Å². The highest BCUT2D eigenvalue weighted by molar-refractivity contribution is 5.95. The Morgan fingerprint density at radius 1 is 1.14 bits per heavy atom. The zero-order valence-electron chi connectivity index (χ0n) is 17.1. The molecule has 150 valence electrons. The Labute approximate surface area is 167 Å². The van der Waals surface area contributed by atoms with Crippen LogP contribution in [0.3, 0.4) is 0 Å². The molecule has 0 saturated carbocycles. The molecule has 0 aromatic heterocycles. The normalized spacial score (nSPS) is 10.5. The molecule has 2 rings (SSSR count). The maximum atomic E-state index is 12.6. The van der Waals surface area contributed by atoms with E-state index in [-0.39, 0.29) is 12.0 Å². The van der Waals surface area contributed by atoms with Crippen LogP contribution < -0.4 is 19.5 Å². The molecule has 0 spiro atoms. The van der Waals surface area contributed by atoms with E-state index in [0.29, 0.717) is 30.0 Å². The minimum atomic E-state index is -0.147. The molecule has 0 aliphatic carbocycles. The van der Waals surface area contributed by atoms with Crippen molar-refractivity contribution in [1.29, 1.82) is 0 Å². The Kier molecular flexibility index (Phi) is 7.93. The van der Waals surface area contributed by atoms with Crippen molar-refractivity contribution in [2.24, 2.45) is 0 Å². The monoisotopic (exact) mass is 383 g/mol. The van der Waals surface area contributed by atoms with Gasteiger partial charge >= 0.3 is 0 Å². The number of carbonyl (C=O) groups excluding carboxylic acids is 1. The van der Waals surface area contributed by atoms with Crippen LogP contribution in [0.25, 0.3) is 0 Å². The Hall–Kier alpha value is -2.95. The highest BCUT2D eigenvalue weighted by atomic mass is 16.5. The first-order valence-corrected chi connectivity index (χ1v) is 9.38. The van der Waals surface area contributed by atoms with Crippen molar-refractivity contribution < 1.29 is 19.0 Å². The van der Waals surface area contributed by atoms with Crippen molar-refractivity contribution in [2.75, 3.05) is 20.8 Å². The second kappa shape index (κ2) is 10.4. The minimum Gasteiger partial charge on any atom is -0.493 e. The lowest BCUT2D eigenvalue weighted by Gasteiger charge is -2.14. The molecule has 2 aromatic rings. The Balaban J connectivity index is 2.00. The number of carbonyl (C=O) groups is 1. The second-order valence-electron chi connectivity index (χ2n) is 6.68. The minimum absolute atomic E-state index is 0.147. The standard InChI is InChI=1S/C23H29NO4/c1-6-7-18-14-19(15-21(26-4)22(18)27-5)23(25)24-13-12-17-8-10-20(11-9-17)28-16(2)3/h6,8-11,14-16H,1,7,12-13H2,2-5H3,(H,24,25). The van der Waals surface area contributed by atoms with Crippen LogP contribution in [0, 0.1) is 0 Å². The molecule has 0 bridgehead atoms. The summed E-state index contributed by atoms with van der Waals surface area (Å²) in [5.74, 6) is 1.87. The Morgan fingerprint density at radius 3 is 2.43 bits per heavy atom. The number of ether oxygens (including phenoxy) is 3. The van der Waals surface area contributed by atoms with Gasteiger partial charge in [0.15, 0.2) is 11.5 Å². The van der Waals surface area contributed by atoms with E-state index < -0.39 is 0 Å². The summed E-state index contributed by atoms with van der Waals surface area (Å²) >= 11 is 0. The predicted octanol–water partition coefficient (Wildman–Crippen LogP) is 4.19. The van der Waals surface area contributed by atoms with Crippen molar-refractivity contribution in [1.82, 2.24) is 5.32 Å². The molecule has 0 fully saturated rings. The number of hydrogen-bond donors (Lipinski definition) is 1. The van der Waals surface area contributed by atoms with E-state index in [9.17, 15) is 4.79 Å². The fourth-order valence-corrected chi connectivity index (χ4v) is 2.91. The summed E-state index contributed by atoms with van der Waals surface area (Å²) in [5, 5.41) is 2.96. The topological polar surface area (TPSA) is 56.8 Å². The molecule has 28 heavy (non-hydrogen) atoms. The summed E-state index contributed by atoms with van der Waals surface area (Å²) in [6, 6.07) is 11.4. The molecular formula is C23H29NO4. The third kappa shape index (κ3) is 5.78. The molecule has 0 atom stereocenters. The first-order chi connectivity index (χ1) is 13.5. The average molecular weight is 383 g/mol. The fourth-order valence-electron chi connectivity index (χ4n) is 2.91. The van der Waals surface area contributed by atoms with Crippen molar-refractivity contribution in [3.8, 4) is 17.2 Å². The van der Waals surface area contributed by atoms with Crippen molar-refractivity contribution >= 4 is 5.91 Å². The zero-order valence-corrected chi connectivity index (χ0v) is 17.1. The van der Waals surface area contributed by atoms with Gasteiger partial charge in [-0.15, -0.1) is 6.58 Å². The lowest BCUT2D eigenvalue weighted by atomic mass is 10.0. The molecule has 0 saturated heterocycles. The van der Waals surface area contributed by atoms with E-state index in [1.165, 1.54) is 0 Å². The van der Waals surface area contributed by atoms with Crippen LogP contribution in [0.1, 0.15) is 35.3 Å². The van der Waals surface area contributed by atoms with E-state index in [1.54, 1.807) is 26.4 Å². The van der Waals surface area contributed by atoms with E-state index in [2.05, 4.69) is 11.9 Å². The summed E-state index contributed by atoms with van der Waals surface area (Å²) in [5.41, 5.74) is 2.54. The maximum Gasteiger partial charge on any atom is 0.251 e. The number of hydrogen-bond acceptors (Lipinski definition) is 4. The van der Waals surface area contributed by atoms with Crippen LogP contribution in [0.2, 0.25) is 0 Å². The van der Waals surface area contributed by atoms with Crippen LogP contribution in [0.5, 0.6) is 17.2 Å². The summed E-state index contributed by atoms with van der Waals surface area (Å²) in [6.45, 7) is 8.29. The van der Waals surface area contributed by atoms with Crippen LogP contribution in [-0.2, 0) is 12.8 Å². The number of amides is 1. The van der Waals surface area contributed by atoms with Gasteiger partial charge in [0.2, 0.25) is 0 Å². The molecule has 0 aliphatic rings. The van der Waals surface area contributed by atoms with Gasteiger partial charge in [0, 0.05) is 17.7 Å². The van der Waals surface area contributed by atoms with Gasteiger partial charge in [-0.2, -0.15) is 0 Å². The van der Waals surface area contributed by atoms with E-state index >= 15 is 0 Å². The third-order valence-corrected chi connectivity index (χ3v) is 4.18. The van der Waals surface area contributed by atoms with Crippen molar-refractivity contribution in [3.63, 3.8) is 0 Å². The van der Waals surface area contributed by atoms with Crippen LogP contribution in [-0.4, -0.2) is 32.8 Å². The van der Waals surface area contributed by atoms with Gasteiger partial charge in [-0.3, -0.25) is 4.79 Å². The van der Waals surface area contributed by atoms with Gasteiger partial charge in [-0.25, -0.2) is 0 Å². The second-order valence-corrected chi connectivity index (χ2v) is 6.68. The Bertz CT molecular complexity index is 797. The summed E-state index contributed by atoms with van der Waals surface area (Å²) in [4.78, 5) is 12.6. The number of methoxy groups -OCH3 is 2. The largest absolute Gasteiger partial charge is 0.493 e. The number of nitrogens with one attached hydrogen (secondary N) is 1. The molecule has 5 nitrogen and oxygen atoms in total. The van der Waals surface area contributed by atoms with Crippen molar-refractivity contribution in [2.45, 2.75) is 32.8 Å².